The number of halogens is 1. The zero-order valence-electron chi connectivity index (χ0n) is 15.1. The molecule has 0 unspecified atom stereocenters. The molecule has 3 heterocycles. The molecule has 2 aromatic rings. The van der Waals surface area contributed by atoms with Crippen molar-refractivity contribution >= 4 is 5.91 Å². The van der Waals surface area contributed by atoms with Gasteiger partial charge in [-0.2, -0.15) is 0 Å². The van der Waals surface area contributed by atoms with Crippen LogP contribution in [0.3, 0.4) is 0 Å². The van der Waals surface area contributed by atoms with E-state index < -0.39 is 0 Å². The van der Waals surface area contributed by atoms with Crippen molar-refractivity contribution in [1.82, 2.24) is 14.8 Å². The summed E-state index contributed by atoms with van der Waals surface area (Å²) in [5.41, 5.74) is 1.49. The maximum absolute atomic E-state index is 14.0. The Morgan fingerprint density at radius 1 is 1.27 bits per heavy atom. The Hall–Kier alpha value is -2.21. The highest BCUT2D eigenvalue weighted by atomic mass is 19.1. The van der Waals surface area contributed by atoms with Crippen LogP contribution in [0.1, 0.15) is 41.1 Å². The van der Waals surface area contributed by atoms with Crippen LogP contribution in [0, 0.1) is 18.2 Å². The summed E-state index contributed by atoms with van der Waals surface area (Å²) in [4.78, 5) is 20.9. The van der Waals surface area contributed by atoms with Crippen molar-refractivity contribution in [3.63, 3.8) is 0 Å². The fourth-order valence-electron chi connectivity index (χ4n) is 4.40. The number of carbonyl (C=O) groups is 1. The van der Waals surface area contributed by atoms with Crippen LogP contribution in [0.15, 0.2) is 35.1 Å². The minimum absolute atomic E-state index is 0.0666. The lowest BCUT2D eigenvalue weighted by molar-refractivity contribution is 0.0649. The topological polar surface area (TPSA) is 49.6 Å². The molecule has 2 fully saturated rings. The van der Waals surface area contributed by atoms with Crippen molar-refractivity contribution in [2.75, 3.05) is 26.2 Å². The van der Waals surface area contributed by atoms with E-state index in [1.54, 1.807) is 13.0 Å². The van der Waals surface area contributed by atoms with E-state index >= 15 is 0 Å². The van der Waals surface area contributed by atoms with Crippen molar-refractivity contribution in [3.8, 4) is 0 Å². The average Bonchev–Trinajstić information content (AvgIpc) is 3.23. The van der Waals surface area contributed by atoms with E-state index in [4.69, 9.17) is 4.42 Å². The number of likely N-dealkylation sites (tertiary alicyclic amines) is 2. The lowest BCUT2D eigenvalue weighted by Gasteiger charge is -2.40. The first-order chi connectivity index (χ1) is 12.6. The van der Waals surface area contributed by atoms with Gasteiger partial charge in [-0.3, -0.25) is 9.69 Å². The fourth-order valence-corrected chi connectivity index (χ4v) is 4.40. The number of hydrogen-bond donors (Lipinski definition) is 0. The summed E-state index contributed by atoms with van der Waals surface area (Å²) in [6.45, 7) is 5.78. The summed E-state index contributed by atoms with van der Waals surface area (Å²) < 4.78 is 19.3. The zero-order valence-corrected chi connectivity index (χ0v) is 15.1. The lowest BCUT2D eigenvalue weighted by atomic mass is 9.79. The van der Waals surface area contributed by atoms with Crippen molar-refractivity contribution < 1.29 is 13.6 Å². The van der Waals surface area contributed by atoms with Gasteiger partial charge in [-0.05, 0) is 38.8 Å². The van der Waals surface area contributed by atoms with Gasteiger partial charge in [-0.25, -0.2) is 9.37 Å². The molecular weight excluding hydrogens is 333 g/mol. The molecule has 0 aliphatic carbocycles. The molecule has 2 saturated heterocycles. The van der Waals surface area contributed by atoms with Gasteiger partial charge in [0, 0.05) is 37.2 Å². The monoisotopic (exact) mass is 357 g/mol. The van der Waals surface area contributed by atoms with Crippen molar-refractivity contribution in [3.05, 3.63) is 53.5 Å². The summed E-state index contributed by atoms with van der Waals surface area (Å²) in [5, 5.41) is 0. The molecule has 6 heteroatoms. The highest BCUT2D eigenvalue weighted by molar-refractivity contribution is 5.92. The lowest BCUT2D eigenvalue weighted by Crippen LogP contribution is -2.45. The van der Waals surface area contributed by atoms with Crippen LogP contribution in [0.4, 0.5) is 4.39 Å². The normalized spacial score (nSPS) is 23.7. The number of piperidine rings is 1. The Bertz CT molecular complexity index is 806. The Balaban J connectivity index is 1.43. The number of aryl methyl sites for hydroxylation is 1. The van der Waals surface area contributed by atoms with Gasteiger partial charge in [0.05, 0.1) is 5.69 Å². The standard InChI is InChI=1S/C20H24FN3O2/c1-15-18(26-14-22-15)19(25)24-10-8-20(13-24)7-4-9-23(12-20)11-16-5-2-3-6-17(16)21/h2-3,5-6,14H,4,7-13H2,1H3/t20-/m0/s1. The molecule has 1 amide bonds. The first kappa shape index (κ1) is 17.2. The molecule has 0 radical (unpaired) electrons. The molecule has 0 bridgehead atoms. The number of rotatable bonds is 3. The molecule has 1 atom stereocenters. The minimum atomic E-state index is -0.142. The van der Waals surface area contributed by atoms with Crippen LogP contribution in [-0.4, -0.2) is 46.9 Å². The number of hydrogen-bond acceptors (Lipinski definition) is 4. The van der Waals surface area contributed by atoms with E-state index in [1.807, 2.05) is 17.0 Å². The second kappa shape index (κ2) is 6.83. The molecule has 2 aliphatic heterocycles. The molecule has 26 heavy (non-hydrogen) atoms. The fraction of sp³-hybridized carbons (Fsp3) is 0.500. The quantitative estimate of drug-likeness (QED) is 0.846. The minimum Gasteiger partial charge on any atom is -0.438 e. The van der Waals surface area contributed by atoms with Crippen molar-refractivity contribution in [1.29, 1.82) is 0 Å². The molecule has 0 N–H and O–H groups in total. The predicted molar refractivity (Wildman–Crippen MR) is 95.1 cm³/mol. The number of carbonyl (C=O) groups excluding carboxylic acids is 1. The van der Waals surface area contributed by atoms with E-state index in [9.17, 15) is 9.18 Å². The Labute approximate surface area is 152 Å². The average molecular weight is 357 g/mol. The third-order valence-electron chi connectivity index (χ3n) is 5.76. The van der Waals surface area contributed by atoms with Gasteiger partial charge in [0.25, 0.3) is 5.91 Å². The predicted octanol–water partition coefficient (Wildman–Crippen LogP) is 3.25. The third kappa shape index (κ3) is 3.26. The summed E-state index contributed by atoms with van der Waals surface area (Å²) >= 11 is 0. The van der Waals surface area contributed by atoms with Gasteiger partial charge in [-0.1, -0.05) is 18.2 Å². The second-order valence-corrected chi connectivity index (χ2v) is 7.65. The molecule has 1 aromatic carbocycles. The van der Waals surface area contributed by atoms with Gasteiger partial charge in [0.2, 0.25) is 5.76 Å². The SMILES string of the molecule is Cc1ncoc1C(=O)N1CC[C@]2(CCCN(Cc3ccccc3F)C2)C1. The third-order valence-corrected chi connectivity index (χ3v) is 5.76. The smallest absolute Gasteiger partial charge is 0.291 e. The Morgan fingerprint density at radius 3 is 2.88 bits per heavy atom. The van der Waals surface area contributed by atoms with Crippen LogP contribution < -0.4 is 0 Å². The number of oxazole rings is 1. The molecule has 1 aromatic heterocycles. The molecule has 138 valence electrons. The van der Waals surface area contributed by atoms with Crippen LogP contribution in [0.2, 0.25) is 0 Å². The largest absolute Gasteiger partial charge is 0.438 e. The van der Waals surface area contributed by atoms with E-state index in [1.165, 1.54) is 12.5 Å². The van der Waals surface area contributed by atoms with E-state index in [0.29, 0.717) is 18.0 Å². The highest BCUT2D eigenvalue weighted by Crippen LogP contribution is 2.40. The van der Waals surface area contributed by atoms with Crippen LogP contribution in [0.25, 0.3) is 0 Å². The Kier molecular flexibility index (Phi) is 4.53. The molecular formula is C20H24FN3O2. The highest BCUT2D eigenvalue weighted by Gasteiger charge is 2.43. The van der Waals surface area contributed by atoms with E-state index in [-0.39, 0.29) is 17.1 Å². The summed E-state index contributed by atoms with van der Waals surface area (Å²) in [5.74, 6) is 0.139. The first-order valence-corrected chi connectivity index (χ1v) is 9.21. The van der Waals surface area contributed by atoms with Gasteiger partial charge in [0.15, 0.2) is 6.39 Å². The van der Waals surface area contributed by atoms with Gasteiger partial charge >= 0.3 is 0 Å². The number of nitrogens with zero attached hydrogens (tertiary/aromatic N) is 3. The summed E-state index contributed by atoms with van der Waals surface area (Å²) in [6, 6.07) is 6.98. The van der Waals surface area contributed by atoms with Crippen molar-refractivity contribution in [2.24, 2.45) is 5.41 Å². The van der Waals surface area contributed by atoms with Crippen LogP contribution in [0.5, 0.6) is 0 Å². The molecule has 0 saturated carbocycles. The van der Waals surface area contributed by atoms with E-state index in [2.05, 4.69) is 9.88 Å². The number of benzene rings is 1. The molecule has 5 nitrogen and oxygen atoms in total. The van der Waals surface area contributed by atoms with Crippen LogP contribution >= 0.6 is 0 Å². The molecule has 2 aliphatic rings. The maximum atomic E-state index is 14.0. The van der Waals surface area contributed by atoms with E-state index in [0.717, 1.165) is 51.0 Å². The number of aromatic nitrogens is 1. The van der Waals surface area contributed by atoms with Crippen molar-refractivity contribution in [2.45, 2.75) is 32.7 Å². The van der Waals surface area contributed by atoms with Gasteiger partial charge < -0.3 is 9.32 Å². The van der Waals surface area contributed by atoms with Crippen LogP contribution in [-0.2, 0) is 6.54 Å². The number of amides is 1. The first-order valence-electron chi connectivity index (χ1n) is 9.21. The molecule has 1 spiro atoms. The zero-order chi connectivity index (χ0) is 18.1. The van der Waals surface area contributed by atoms with Gasteiger partial charge in [-0.15, -0.1) is 0 Å². The summed E-state index contributed by atoms with van der Waals surface area (Å²) in [7, 11) is 0. The van der Waals surface area contributed by atoms with Gasteiger partial charge in [0.1, 0.15) is 5.82 Å². The molecule has 4 rings (SSSR count). The maximum Gasteiger partial charge on any atom is 0.291 e. The Morgan fingerprint density at radius 2 is 2.12 bits per heavy atom. The summed E-state index contributed by atoms with van der Waals surface area (Å²) in [6.07, 6.45) is 4.50. The second-order valence-electron chi connectivity index (χ2n) is 7.65.